The van der Waals surface area contributed by atoms with Gasteiger partial charge in [-0.25, -0.2) is 4.79 Å². The molecule has 0 unspecified atom stereocenters. The van der Waals surface area contributed by atoms with Crippen LogP contribution < -0.4 is 0 Å². The Hall–Kier alpha value is -0.610. The second-order valence-corrected chi connectivity index (χ2v) is 4.57. The van der Waals surface area contributed by atoms with Crippen molar-refractivity contribution >= 4 is 5.97 Å². The lowest BCUT2D eigenvalue weighted by atomic mass is 10.1. The molecule has 1 fully saturated rings. The lowest BCUT2D eigenvalue weighted by molar-refractivity contribution is -0.204. The average Bonchev–Trinajstić information content (AvgIpc) is 2.28. The van der Waals surface area contributed by atoms with E-state index in [1.165, 1.54) is 7.11 Å². The number of carbonyl (C=O) groups is 1. The summed E-state index contributed by atoms with van der Waals surface area (Å²) < 4.78 is 15.8. The van der Waals surface area contributed by atoms with E-state index in [1.807, 2.05) is 0 Å². The van der Waals surface area contributed by atoms with Crippen LogP contribution in [0.15, 0.2) is 0 Å². The molecule has 0 bridgehead atoms. The third kappa shape index (κ3) is 4.49. The Morgan fingerprint density at radius 3 is 2.69 bits per heavy atom. The second-order valence-electron chi connectivity index (χ2n) is 4.57. The summed E-state index contributed by atoms with van der Waals surface area (Å²) in [5.74, 6) is 0.0931. The van der Waals surface area contributed by atoms with Crippen LogP contribution in [-0.2, 0) is 19.0 Å². The van der Waals surface area contributed by atoms with E-state index < -0.39 is 6.10 Å². The predicted molar refractivity (Wildman–Crippen MR) is 59.9 cm³/mol. The fourth-order valence-electron chi connectivity index (χ4n) is 1.77. The zero-order chi connectivity index (χ0) is 12.0. The largest absolute Gasteiger partial charge is 0.467 e. The molecule has 0 spiro atoms. The van der Waals surface area contributed by atoms with Gasteiger partial charge in [-0.1, -0.05) is 13.8 Å². The van der Waals surface area contributed by atoms with E-state index in [4.69, 9.17) is 14.2 Å². The number of hydrogen-bond donors (Lipinski definition) is 0. The summed E-state index contributed by atoms with van der Waals surface area (Å²) in [7, 11) is 1.39. The van der Waals surface area contributed by atoms with Gasteiger partial charge in [-0.15, -0.1) is 0 Å². The number of methoxy groups -OCH3 is 1. The molecule has 16 heavy (non-hydrogen) atoms. The summed E-state index contributed by atoms with van der Waals surface area (Å²) in [4.78, 5) is 11.5. The predicted octanol–water partition coefficient (Wildman–Crippen LogP) is 2.12. The SMILES string of the molecule is COC(=O)[C@H](CC(C)C)O[C@@H]1CCCCO1. The maximum absolute atomic E-state index is 11.5. The Bertz CT molecular complexity index is 209. The molecule has 4 nitrogen and oxygen atoms in total. The lowest BCUT2D eigenvalue weighted by Gasteiger charge is -2.27. The van der Waals surface area contributed by atoms with Crippen LogP contribution in [0.3, 0.4) is 0 Å². The molecule has 0 amide bonds. The molecule has 0 aliphatic carbocycles. The monoisotopic (exact) mass is 230 g/mol. The molecular weight excluding hydrogens is 208 g/mol. The van der Waals surface area contributed by atoms with Crippen LogP contribution in [0.4, 0.5) is 0 Å². The maximum atomic E-state index is 11.5. The Labute approximate surface area is 97.2 Å². The summed E-state index contributed by atoms with van der Waals surface area (Å²) in [6.45, 7) is 4.84. The van der Waals surface area contributed by atoms with Crippen LogP contribution in [0.2, 0.25) is 0 Å². The maximum Gasteiger partial charge on any atom is 0.335 e. The highest BCUT2D eigenvalue weighted by atomic mass is 16.7. The smallest absolute Gasteiger partial charge is 0.335 e. The molecule has 4 heteroatoms. The van der Waals surface area contributed by atoms with Crippen molar-refractivity contribution in [1.29, 1.82) is 0 Å². The zero-order valence-corrected chi connectivity index (χ0v) is 10.4. The van der Waals surface area contributed by atoms with E-state index in [-0.39, 0.29) is 12.3 Å². The Balaban J connectivity index is 2.44. The van der Waals surface area contributed by atoms with Gasteiger partial charge >= 0.3 is 5.97 Å². The zero-order valence-electron chi connectivity index (χ0n) is 10.4. The topological polar surface area (TPSA) is 44.8 Å². The van der Waals surface area contributed by atoms with Crippen LogP contribution in [-0.4, -0.2) is 32.1 Å². The normalized spacial score (nSPS) is 23.1. The Morgan fingerprint density at radius 1 is 1.44 bits per heavy atom. The van der Waals surface area contributed by atoms with Crippen LogP contribution >= 0.6 is 0 Å². The molecule has 2 atom stereocenters. The molecular formula is C12H22O4. The standard InChI is InChI=1S/C12H22O4/c1-9(2)8-10(12(13)14-3)16-11-6-4-5-7-15-11/h9-11H,4-8H2,1-3H3/t10-,11+/m0/s1. The molecule has 1 aliphatic rings. The summed E-state index contributed by atoms with van der Waals surface area (Å²) in [5, 5.41) is 0. The highest BCUT2D eigenvalue weighted by Gasteiger charge is 2.26. The first kappa shape index (κ1) is 13.5. The van der Waals surface area contributed by atoms with E-state index in [0.29, 0.717) is 12.3 Å². The van der Waals surface area contributed by atoms with Gasteiger partial charge < -0.3 is 14.2 Å². The van der Waals surface area contributed by atoms with Gasteiger partial charge in [0, 0.05) is 6.61 Å². The van der Waals surface area contributed by atoms with Crippen molar-refractivity contribution in [2.24, 2.45) is 5.92 Å². The molecule has 1 rings (SSSR count). The van der Waals surface area contributed by atoms with Crippen LogP contribution in [0.25, 0.3) is 0 Å². The third-order valence-electron chi connectivity index (χ3n) is 2.60. The van der Waals surface area contributed by atoms with Crippen molar-refractivity contribution in [3.63, 3.8) is 0 Å². The van der Waals surface area contributed by atoms with Gasteiger partial charge in [0.1, 0.15) is 0 Å². The molecule has 1 aliphatic heterocycles. The fourth-order valence-corrected chi connectivity index (χ4v) is 1.77. The van der Waals surface area contributed by atoms with Crippen molar-refractivity contribution in [3.8, 4) is 0 Å². The molecule has 0 N–H and O–H groups in total. The van der Waals surface area contributed by atoms with Gasteiger partial charge in [0.05, 0.1) is 7.11 Å². The molecule has 1 saturated heterocycles. The molecule has 0 aromatic carbocycles. The lowest BCUT2D eigenvalue weighted by Crippen LogP contribution is -2.34. The van der Waals surface area contributed by atoms with Gasteiger partial charge in [0.25, 0.3) is 0 Å². The van der Waals surface area contributed by atoms with Crippen molar-refractivity contribution in [3.05, 3.63) is 0 Å². The number of hydrogen-bond acceptors (Lipinski definition) is 4. The number of ether oxygens (including phenoxy) is 3. The first-order valence-corrected chi connectivity index (χ1v) is 5.98. The van der Waals surface area contributed by atoms with Gasteiger partial charge in [-0.05, 0) is 31.6 Å². The van der Waals surface area contributed by atoms with Crippen LogP contribution in [0.1, 0.15) is 39.5 Å². The Morgan fingerprint density at radius 2 is 2.19 bits per heavy atom. The Kier molecular flexibility index (Phi) is 5.77. The summed E-state index contributed by atoms with van der Waals surface area (Å²) >= 11 is 0. The summed E-state index contributed by atoms with van der Waals surface area (Å²) in [6, 6.07) is 0. The first-order valence-electron chi connectivity index (χ1n) is 5.98. The van der Waals surface area contributed by atoms with E-state index in [1.54, 1.807) is 0 Å². The van der Waals surface area contributed by atoms with E-state index in [0.717, 1.165) is 25.9 Å². The van der Waals surface area contributed by atoms with Crippen molar-refractivity contribution in [2.45, 2.75) is 51.9 Å². The molecule has 0 aromatic rings. The minimum absolute atomic E-state index is 0.239. The summed E-state index contributed by atoms with van der Waals surface area (Å²) in [5.41, 5.74) is 0. The first-order chi connectivity index (χ1) is 7.63. The van der Waals surface area contributed by atoms with Crippen LogP contribution in [0, 0.1) is 5.92 Å². The molecule has 0 saturated carbocycles. The minimum Gasteiger partial charge on any atom is -0.467 e. The van der Waals surface area contributed by atoms with Crippen molar-refractivity contribution < 1.29 is 19.0 Å². The number of esters is 1. The highest BCUT2D eigenvalue weighted by Crippen LogP contribution is 2.19. The van der Waals surface area contributed by atoms with Crippen LogP contribution in [0.5, 0.6) is 0 Å². The third-order valence-corrected chi connectivity index (χ3v) is 2.60. The fraction of sp³-hybridized carbons (Fsp3) is 0.917. The van der Waals surface area contributed by atoms with Gasteiger partial charge in [-0.2, -0.15) is 0 Å². The van der Waals surface area contributed by atoms with Gasteiger partial charge in [0.2, 0.25) is 0 Å². The van der Waals surface area contributed by atoms with Gasteiger partial charge in [-0.3, -0.25) is 0 Å². The number of rotatable bonds is 5. The summed E-state index contributed by atoms with van der Waals surface area (Å²) in [6.07, 6.45) is 2.98. The van der Waals surface area contributed by atoms with E-state index >= 15 is 0 Å². The molecule has 94 valence electrons. The van der Waals surface area contributed by atoms with E-state index in [9.17, 15) is 4.79 Å². The van der Waals surface area contributed by atoms with Crippen molar-refractivity contribution in [2.75, 3.05) is 13.7 Å². The van der Waals surface area contributed by atoms with E-state index in [2.05, 4.69) is 13.8 Å². The minimum atomic E-state index is -0.493. The molecule has 0 aromatic heterocycles. The van der Waals surface area contributed by atoms with Gasteiger partial charge in [0.15, 0.2) is 12.4 Å². The quantitative estimate of drug-likeness (QED) is 0.679. The second kappa shape index (κ2) is 6.86. The molecule has 0 radical (unpaired) electrons. The highest BCUT2D eigenvalue weighted by molar-refractivity contribution is 5.74. The number of carbonyl (C=O) groups excluding carboxylic acids is 1. The molecule has 1 heterocycles. The average molecular weight is 230 g/mol. The van der Waals surface area contributed by atoms with Crippen molar-refractivity contribution in [1.82, 2.24) is 0 Å².